The minimum Gasteiger partial charge on any atom is -0.495 e. The molecule has 1 fully saturated rings. The van der Waals surface area contributed by atoms with Gasteiger partial charge in [-0.2, -0.15) is 0 Å². The average Bonchev–Trinajstić information content (AvgIpc) is 2.95. The van der Waals surface area contributed by atoms with Gasteiger partial charge in [-0.3, -0.25) is 14.5 Å². The van der Waals surface area contributed by atoms with Crippen LogP contribution in [0.25, 0.3) is 22.2 Å². The molecule has 0 radical (unpaired) electrons. The predicted molar refractivity (Wildman–Crippen MR) is 149 cm³/mol. The lowest BCUT2D eigenvalue weighted by molar-refractivity contribution is 0.0953. The molecule has 3 aromatic carbocycles. The number of carbonyl (C=O) groups excluding carboxylic acids is 1. The summed E-state index contributed by atoms with van der Waals surface area (Å²) in [5.74, 6) is 0.733. The van der Waals surface area contributed by atoms with Gasteiger partial charge < -0.3 is 19.9 Å². The lowest BCUT2D eigenvalue weighted by Crippen LogP contribution is -2.47. The van der Waals surface area contributed by atoms with E-state index in [4.69, 9.17) is 4.74 Å². The van der Waals surface area contributed by atoms with Crippen LogP contribution in [-0.2, 0) is 0 Å². The second-order valence-electron chi connectivity index (χ2n) is 9.25. The average molecular weight is 497 g/mol. The molecule has 2 N–H and O–H groups in total. The summed E-state index contributed by atoms with van der Waals surface area (Å²) in [5.41, 5.74) is 3.69. The summed E-state index contributed by atoms with van der Waals surface area (Å²) in [4.78, 5) is 33.9. The molecular formula is C30H32N4O3. The minimum atomic E-state index is -0.174. The molecule has 5 rings (SSSR count). The highest BCUT2D eigenvalue weighted by atomic mass is 16.5. The second kappa shape index (κ2) is 11.3. The zero-order chi connectivity index (χ0) is 25.6. The van der Waals surface area contributed by atoms with E-state index in [2.05, 4.69) is 26.2 Å². The first-order chi connectivity index (χ1) is 18.1. The van der Waals surface area contributed by atoms with Gasteiger partial charge in [0.15, 0.2) is 5.43 Å². The number of aromatic nitrogens is 1. The van der Waals surface area contributed by atoms with Crippen LogP contribution in [0, 0.1) is 0 Å². The third kappa shape index (κ3) is 5.52. The van der Waals surface area contributed by atoms with E-state index < -0.39 is 0 Å². The van der Waals surface area contributed by atoms with Gasteiger partial charge in [-0.15, -0.1) is 0 Å². The molecule has 190 valence electrons. The molecule has 1 aliphatic heterocycles. The summed E-state index contributed by atoms with van der Waals surface area (Å²) in [6.45, 7) is 5.33. The van der Waals surface area contributed by atoms with Crippen molar-refractivity contribution in [2.45, 2.75) is 6.42 Å². The van der Waals surface area contributed by atoms with Crippen molar-refractivity contribution in [2.24, 2.45) is 0 Å². The summed E-state index contributed by atoms with van der Waals surface area (Å²) in [6.07, 6.45) is 0.858. The Bertz CT molecular complexity index is 1430. The van der Waals surface area contributed by atoms with Gasteiger partial charge in [-0.1, -0.05) is 48.5 Å². The van der Waals surface area contributed by atoms with E-state index in [1.807, 2.05) is 48.5 Å². The Balaban J connectivity index is 1.17. The number of pyridine rings is 1. The fourth-order valence-electron chi connectivity index (χ4n) is 4.94. The van der Waals surface area contributed by atoms with Crippen LogP contribution in [0.3, 0.4) is 0 Å². The van der Waals surface area contributed by atoms with Crippen LogP contribution in [-0.4, -0.2) is 62.2 Å². The summed E-state index contributed by atoms with van der Waals surface area (Å²) in [7, 11) is 1.71. The molecule has 0 saturated carbocycles. The lowest BCUT2D eigenvalue weighted by atomic mass is 10.1. The van der Waals surface area contributed by atoms with Crippen LogP contribution in [0.1, 0.15) is 16.8 Å². The van der Waals surface area contributed by atoms with Crippen LogP contribution >= 0.6 is 0 Å². The standard InChI is InChI=1S/C30H32N4O3/c1-37-28-14-6-5-13-26(28)34-19-17-33(18-20-34)16-8-15-31-30(36)24-12-7-11-23-27(35)21-25(32-29(23)24)22-9-3-2-4-10-22/h2-7,9-14,21H,8,15-20H2,1H3,(H,31,36)(H,32,35). The van der Waals surface area contributed by atoms with E-state index in [1.165, 1.54) is 0 Å². The Kier molecular flexibility index (Phi) is 7.51. The molecule has 2 heterocycles. The van der Waals surface area contributed by atoms with Crippen molar-refractivity contribution in [3.63, 3.8) is 0 Å². The molecule has 7 heteroatoms. The number of benzene rings is 3. The monoisotopic (exact) mass is 496 g/mol. The Morgan fingerprint density at radius 2 is 1.70 bits per heavy atom. The maximum atomic E-state index is 13.1. The molecule has 0 bridgehead atoms. The molecule has 0 spiro atoms. The summed E-state index contributed by atoms with van der Waals surface area (Å²) in [6, 6.07) is 24.7. The fraction of sp³-hybridized carbons (Fsp3) is 0.267. The minimum absolute atomic E-state index is 0.102. The van der Waals surface area contributed by atoms with Crippen LogP contribution in [0.15, 0.2) is 83.7 Å². The van der Waals surface area contributed by atoms with Gasteiger partial charge in [-0.05, 0) is 42.8 Å². The molecule has 7 nitrogen and oxygen atoms in total. The number of nitrogens with zero attached hydrogens (tertiary/aromatic N) is 2. The topological polar surface area (TPSA) is 77.7 Å². The molecule has 1 amide bonds. The van der Waals surface area contributed by atoms with Crippen LogP contribution < -0.4 is 20.4 Å². The van der Waals surface area contributed by atoms with Gasteiger partial charge in [0, 0.05) is 49.9 Å². The van der Waals surface area contributed by atoms with Crippen LogP contribution in [0.2, 0.25) is 0 Å². The number of methoxy groups -OCH3 is 1. The number of H-pyrrole nitrogens is 1. The van der Waals surface area contributed by atoms with E-state index in [1.54, 1.807) is 31.4 Å². The van der Waals surface area contributed by atoms with Crippen molar-refractivity contribution in [3.8, 4) is 17.0 Å². The number of rotatable bonds is 8. The number of carbonyl (C=O) groups is 1. The number of ether oxygens (including phenoxy) is 1. The summed E-state index contributed by atoms with van der Waals surface area (Å²) in [5, 5.41) is 3.56. The third-order valence-electron chi connectivity index (χ3n) is 6.93. The van der Waals surface area contributed by atoms with Crippen molar-refractivity contribution in [1.82, 2.24) is 15.2 Å². The van der Waals surface area contributed by atoms with Gasteiger partial charge in [0.1, 0.15) is 5.75 Å². The number of nitrogens with one attached hydrogen (secondary N) is 2. The van der Waals surface area contributed by atoms with Gasteiger partial charge in [0.05, 0.1) is 23.9 Å². The fourth-order valence-corrected chi connectivity index (χ4v) is 4.94. The normalized spacial score (nSPS) is 14.0. The number of amides is 1. The van der Waals surface area contributed by atoms with Gasteiger partial charge in [-0.25, -0.2) is 0 Å². The van der Waals surface area contributed by atoms with Gasteiger partial charge in [0.25, 0.3) is 5.91 Å². The molecular weight excluding hydrogens is 464 g/mol. The number of piperazine rings is 1. The van der Waals surface area contributed by atoms with Crippen molar-refractivity contribution >= 4 is 22.5 Å². The third-order valence-corrected chi connectivity index (χ3v) is 6.93. The van der Waals surface area contributed by atoms with E-state index in [0.717, 1.165) is 56.1 Å². The molecule has 37 heavy (non-hydrogen) atoms. The second-order valence-corrected chi connectivity index (χ2v) is 9.25. The zero-order valence-corrected chi connectivity index (χ0v) is 21.1. The number of anilines is 1. The highest BCUT2D eigenvalue weighted by Crippen LogP contribution is 2.28. The van der Waals surface area contributed by atoms with Crippen molar-refractivity contribution < 1.29 is 9.53 Å². The highest BCUT2D eigenvalue weighted by Gasteiger charge is 2.19. The van der Waals surface area contributed by atoms with E-state index >= 15 is 0 Å². The maximum Gasteiger partial charge on any atom is 0.253 e. The van der Waals surface area contributed by atoms with Crippen LogP contribution in [0.5, 0.6) is 5.75 Å². The number of aromatic amines is 1. The van der Waals surface area contributed by atoms with Crippen molar-refractivity contribution in [3.05, 3.63) is 94.6 Å². The smallest absolute Gasteiger partial charge is 0.253 e. The molecule has 1 aliphatic rings. The molecule has 0 unspecified atom stereocenters. The largest absolute Gasteiger partial charge is 0.495 e. The molecule has 0 aliphatic carbocycles. The highest BCUT2D eigenvalue weighted by molar-refractivity contribution is 6.05. The van der Waals surface area contributed by atoms with Crippen LogP contribution in [0.4, 0.5) is 5.69 Å². The first kappa shape index (κ1) is 24.6. The molecule has 1 aromatic heterocycles. The number of hydrogen-bond donors (Lipinski definition) is 2. The first-order valence-corrected chi connectivity index (χ1v) is 12.7. The first-order valence-electron chi connectivity index (χ1n) is 12.7. The predicted octanol–water partition coefficient (Wildman–Crippen LogP) is 4.15. The summed E-state index contributed by atoms with van der Waals surface area (Å²) < 4.78 is 5.51. The van der Waals surface area contributed by atoms with Gasteiger partial charge >= 0.3 is 0 Å². The van der Waals surface area contributed by atoms with E-state index in [-0.39, 0.29) is 11.3 Å². The Hall–Kier alpha value is -4.10. The van der Waals surface area contributed by atoms with Gasteiger partial charge in [0.2, 0.25) is 0 Å². The summed E-state index contributed by atoms with van der Waals surface area (Å²) >= 11 is 0. The van der Waals surface area contributed by atoms with E-state index in [0.29, 0.717) is 28.7 Å². The SMILES string of the molecule is COc1ccccc1N1CCN(CCCNC(=O)c2cccc3c(=O)cc(-c4ccccc4)[nH]c23)CC1. The Morgan fingerprint density at radius 1 is 0.946 bits per heavy atom. The molecule has 1 saturated heterocycles. The quantitative estimate of drug-likeness (QED) is 0.359. The van der Waals surface area contributed by atoms with Crippen molar-refractivity contribution in [2.75, 3.05) is 51.3 Å². The number of hydrogen-bond acceptors (Lipinski definition) is 5. The Morgan fingerprint density at radius 3 is 2.49 bits per heavy atom. The van der Waals surface area contributed by atoms with Crippen molar-refractivity contribution in [1.29, 1.82) is 0 Å². The molecule has 0 atom stereocenters. The zero-order valence-electron chi connectivity index (χ0n) is 21.1. The van der Waals surface area contributed by atoms with E-state index in [9.17, 15) is 9.59 Å². The number of fused-ring (bicyclic) bond motifs is 1. The maximum absolute atomic E-state index is 13.1. The Labute approximate surface area is 216 Å². The number of para-hydroxylation sites is 3. The molecule has 4 aromatic rings. The lowest BCUT2D eigenvalue weighted by Gasteiger charge is -2.36.